The summed E-state index contributed by atoms with van der Waals surface area (Å²) in [5.41, 5.74) is 0.665. The largest absolute Gasteiger partial charge is 0.335 e. The quantitative estimate of drug-likeness (QED) is 0.838. The Kier molecular flexibility index (Phi) is 4.98. The molecule has 2 aromatic rings. The van der Waals surface area contributed by atoms with Crippen molar-refractivity contribution in [2.75, 3.05) is 13.1 Å². The number of H-pyrrole nitrogens is 1. The maximum absolute atomic E-state index is 12.8. The molecule has 1 aromatic heterocycles. The lowest BCUT2D eigenvalue weighted by Gasteiger charge is -2.39. The SMILES string of the molecule is Cc1cccc(CN2CCN(C(=O)c3cn(C)c(=O)[nH]c3=O)[C@H](C)C2=O)c1. The van der Waals surface area contributed by atoms with Gasteiger partial charge in [-0.1, -0.05) is 29.8 Å². The van der Waals surface area contributed by atoms with Gasteiger partial charge in [0.1, 0.15) is 11.6 Å². The number of carbonyl (C=O) groups excluding carboxylic acids is 2. The van der Waals surface area contributed by atoms with Crippen molar-refractivity contribution in [1.29, 1.82) is 0 Å². The molecule has 0 radical (unpaired) electrons. The Morgan fingerprint density at radius 2 is 1.96 bits per heavy atom. The minimum atomic E-state index is -0.745. The van der Waals surface area contributed by atoms with E-state index in [1.165, 1.54) is 18.1 Å². The minimum absolute atomic E-state index is 0.149. The molecule has 1 saturated heterocycles. The molecule has 1 aliphatic heterocycles. The van der Waals surface area contributed by atoms with Crippen molar-refractivity contribution in [3.8, 4) is 0 Å². The van der Waals surface area contributed by atoms with Crippen molar-refractivity contribution in [2.45, 2.75) is 26.4 Å². The molecule has 27 heavy (non-hydrogen) atoms. The molecule has 1 N–H and O–H groups in total. The number of aryl methyl sites for hydroxylation is 2. The highest BCUT2D eigenvalue weighted by Gasteiger charge is 2.35. The van der Waals surface area contributed by atoms with Gasteiger partial charge >= 0.3 is 5.69 Å². The molecule has 0 saturated carbocycles. The summed E-state index contributed by atoms with van der Waals surface area (Å²) in [6.45, 7) is 4.83. The molecular formula is C19H22N4O4. The molecule has 1 fully saturated rings. The van der Waals surface area contributed by atoms with Crippen LogP contribution >= 0.6 is 0 Å². The summed E-state index contributed by atoms with van der Waals surface area (Å²) in [5.74, 6) is -0.722. The molecule has 0 aliphatic carbocycles. The normalized spacial score (nSPS) is 17.3. The molecule has 0 unspecified atom stereocenters. The Hall–Kier alpha value is -3.16. The Bertz CT molecular complexity index is 1010. The van der Waals surface area contributed by atoms with Gasteiger partial charge in [-0.05, 0) is 19.4 Å². The second-order valence-corrected chi connectivity index (χ2v) is 6.84. The fourth-order valence-electron chi connectivity index (χ4n) is 3.27. The van der Waals surface area contributed by atoms with Crippen LogP contribution in [0.15, 0.2) is 40.1 Å². The lowest BCUT2D eigenvalue weighted by atomic mass is 10.1. The molecule has 0 bridgehead atoms. The third-order valence-electron chi connectivity index (χ3n) is 4.80. The van der Waals surface area contributed by atoms with Gasteiger partial charge < -0.3 is 14.4 Å². The van der Waals surface area contributed by atoms with Gasteiger partial charge in [-0.25, -0.2) is 4.79 Å². The van der Waals surface area contributed by atoms with Gasteiger partial charge in [0.25, 0.3) is 11.5 Å². The fraction of sp³-hybridized carbons (Fsp3) is 0.368. The van der Waals surface area contributed by atoms with Gasteiger partial charge in [0.2, 0.25) is 5.91 Å². The molecule has 1 aliphatic rings. The van der Waals surface area contributed by atoms with Crippen LogP contribution in [0.5, 0.6) is 0 Å². The molecule has 1 aromatic carbocycles. The van der Waals surface area contributed by atoms with Crippen LogP contribution in [0.3, 0.4) is 0 Å². The number of hydrogen-bond acceptors (Lipinski definition) is 4. The van der Waals surface area contributed by atoms with Crippen LogP contribution in [0.25, 0.3) is 0 Å². The van der Waals surface area contributed by atoms with Crippen LogP contribution in [0, 0.1) is 6.92 Å². The van der Waals surface area contributed by atoms with Crippen LogP contribution in [0.1, 0.15) is 28.4 Å². The maximum atomic E-state index is 12.8. The molecule has 142 valence electrons. The van der Waals surface area contributed by atoms with E-state index < -0.39 is 23.2 Å². The number of benzene rings is 1. The highest BCUT2D eigenvalue weighted by atomic mass is 16.2. The summed E-state index contributed by atoms with van der Waals surface area (Å²) in [6.07, 6.45) is 1.21. The number of rotatable bonds is 3. The number of carbonyl (C=O) groups is 2. The van der Waals surface area contributed by atoms with Crippen molar-refractivity contribution in [2.24, 2.45) is 7.05 Å². The van der Waals surface area contributed by atoms with Gasteiger partial charge in [0.15, 0.2) is 0 Å². The molecule has 8 nitrogen and oxygen atoms in total. The van der Waals surface area contributed by atoms with E-state index >= 15 is 0 Å². The van der Waals surface area contributed by atoms with E-state index in [1.54, 1.807) is 11.8 Å². The monoisotopic (exact) mass is 370 g/mol. The average molecular weight is 370 g/mol. The van der Waals surface area contributed by atoms with Crippen LogP contribution in [-0.4, -0.2) is 50.3 Å². The smallest absolute Gasteiger partial charge is 0.328 e. The van der Waals surface area contributed by atoms with E-state index in [9.17, 15) is 19.2 Å². The van der Waals surface area contributed by atoms with Crippen LogP contribution in [0.2, 0.25) is 0 Å². The van der Waals surface area contributed by atoms with E-state index in [2.05, 4.69) is 4.98 Å². The molecule has 3 rings (SSSR count). The molecule has 2 amide bonds. The fourth-order valence-corrected chi connectivity index (χ4v) is 3.27. The van der Waals surface area contributed by atoms with E-state index in [4.69, 9.17) is 0 Å². The van der Waals surface area contributed by atoms with E-state index in [-0.39, 0.29) is 11.5 Å². The predicted octanol–water partition coefficient (Wildman–Crippen LogP) is 0.255. The first-order chi connectivity index (χ1) is 12.8. The Morgan fingerprint density at radius 3 is 2.67 bits per heavy atom. The Labute approximate surface area is 156 Å². The first kappa shape index (κ1) is 18.6. The van der Waals surface area contributed by atoms with E-state index in [0.29, 0.717) is 19.6 Å². The van der Waals surface area contributed by atoms with Crippen LogP contribution < -0.4 is 11.2 Å². The summed E-state index contributed by atoms with van der Waals surface area (Å²) < 4.78 is 1.13. The second kappa shape index (κ2) is 7.22. The highest BCUT2D eigenvalue weighted by molar-refractivity contribution is 5.97. The maximum Gasteiger partial charge on any atom is 0.328 e. The Morgan fingerprint density at radius 1 is 1.22 bits per heavy atom. The van der Waals surface area contributed by atoms with Crippen LogP contribution in [0.4, 0.5) is 0 Å². The lowest BCUT2D eigenvalue weighted by Crippen LogP contribution is -2.57. The van der Waals surface area contributed by atoms with E-state index in [0.717, 1.165) is 15.7 Å². The number of aromatic nitrogens is 2. The van der Waals surface area contributed by atoms with Crippen molar-refractivity contribution in [1.82, 2.24) is 19.4 Å². The van der Waals surface area contributed by atoms with Crippen molar-refractivity contribution in [3.63, 3.8) is 0 Å². The zero-order valence-corrected chi connectivity index (χ0v) is 15.6. The van der Waals surface area contributed by atoms with Gasteiger partial charge in [-0.15, -0.1) is 0 Å². The van der Waals surface area contributed by atoms with Gasteiger partial charge in [-0.2, -0.15) is 0 Å². The summed E-state index contributed by atoms with van der Waals surface area (Å²) in [4.78, 5) is 54.2. The third-order valence-corrected chi connectivity index (χ3v) is 4.80. The summed E-state index contributed by atoms with van der Waals surface area (Å²) in [6, 6.07) is 7.25. The molecular weight excluding hydrogens is 348 g/mol. The highest BCUT2D eigenvalue weighted by Crippen LogP contribution is 2.17. The van der Waals surface area contributed by atoms with Crippen molar-refractivity contribution < 1.29 is 9.59 Å². The van der Waals surface area contributed by atoms with Gasteiger partial charge in [-0.3, -0.25) is 19.4 Å². The van der Waals surface area contributed by atoms with Gasteiger partial charge in [0, 0.05) is 32.9 Å². The third kappa shape index (κ3) is 3.69. The number of hydrogen-bond donors (Lipinski definition) is 1. The minimum Gasteiger partial charge on any atom is -0.335 e. The molecule has 2 heterocycles. The predicted molar refractivity (Wildman–Crippen MR) is 99.4 cm³/mol. The number of nitrogens with one attached hydrogen (secondary N) is 1. The van der Waals surface area contributed by atoms with Crippen molar-refractivity contribution >= 4 is 11.8 Å². The van der Waals surface area contributed by atoms with Crippen molar-refractivity contribution in [3.05, 3.63) is 68.0 Å². The lowest BCUT2D eigenvalue weighted by molar-refractivity contribution is -0.140. The summed E-state index contributed by atoms with van der Waals surface area (Å²) >= 11 is 0. The summed E-state index contributed by atoms with van der Waals surface area (Å²) in [7, 11) is 1.45. The molecule has 1 atom stereocenters. The summed E-state index contributed by atoms with van der Waals surface area (Å²) in [5, 5.41) is 0. The first-order valence-electron chi connectivity index (χ1n) is 8.73. The van der Waals surface area contributed by atoms with Crippen LogP contribution in [-0.2, 0) is 18.4 Å². The molecule has 8 heteroatoms. The standard InChI is InChI=1S/C19H22N4O4/c1-12-5-4-6-14(9-12)10-22-7-8-23(13(2)17(22)25)18(26)15-11-21(3)19(27)20-16(15)24/h4-6,9,11,13H,7-8,10H2,1-3H3,(H,20,24,27)/t13-/m1/s1. The first-order valence-corrected chi connectivity index (χ1v) is 8.73. The molecule has 0 spiro atoms. The van der Waals surface area contributed by atoms with Gasteiger partial charge in [0.05, 0.1) is 0 Å². The Balaban J connectivity index is 1.78. The zero-order valence-electron chi connectivity index (χ0n) is 15.6. The number of piperazine rings is 1. The number of aromatic amines is 1. The zero-order chi connectivity index (χ0) is 19.7. The van der Waals surface area contributed by atoms with E-state index in [1.807, 2.05) is 31.2 Å². The topological polar surface area (TPSA) is 95.5 Å². The average Bonchev–Trinajstić information content (AvgIpc) is 2.62. The second-order valence-electron chi connectivity index (χ2n) is 6.84. The number of nitrogens with zero attached hydrogens (tertiary/aromatic N) is 3. The number of amides is 2.